The summed E-state index contributed by atoms with van der Waals surface area (Å²) in [5.41, 5.74) is 8.30. The second-order valence-electron chi connectivity index (χ2n) is 6.06. The Hall–Kier alpha value is -2.61. The second kappa shape index (κ2) is 7.33. The fourth-order valence-electron chi connectivity index (χ4n) is 2.80. The molecule has 4 heteroatoms. The van der Waals surface area contributed by atoms with Crippen molar-refractivity contribution in [3.63, 3.8) is 0 Å². The van der Waals surface area contributed by atoms with Crippen LogP contribution in [0.1, 0.15) is 5.56 Å². The van der Waals surface area contributed by atoms with E-state index in [2.05, 4.69) is 76.1 Å². The molecule has 0 saturated carbocycles. The molecule has 0 atom stereocenters. The molecule has 0 bridgehead atoms. The first kappa shape index (κ1) is 16.8. The van der Waals surface area contributed by atoms with Gasteiger partial charge in [-0.05, 0) is 41.8 Å². The van der Waals surface area contributed by atoms with Crippen LogP contribution in [0.4, 0.5) is 0 Å². The molecule has 0 amide bonds. The molecule has 0 N–H and O–H groups in total. The van der Waals surface area contributed by atoms with Crippen LogP contribution in [0.3, 0.4) is 0 Å². The van der Waals surface area contributed by atoms with E-state index in [1.807, 2.05) is 23.8 Å². The number of pyridine rings is 1. The zero-order valence-electron chi connectivity index (χ0n) is 14.6. The minimum absolute atomic E-state index is 0.108. The summed E-state index contributed by atoms with van der Waals surface area (Å²) in [6.07, 6.45) is 6.10. The Labute approximate surface area is 160 Å². The predicted molar refractivity (Wildman–Crippen MR) is 114 cm³/mol. The quantitative estimate of drug-likeness (QED) is 0.356. The van der Waals surface area contributed by atoms with Gasteiger partial charge in [-0.3, -0.25) is 4.98 Å². The van der Waals surface area contributed by atoms with E-state index in [0.29, 0.717) is 0 Å². The molecule has 26 heavy (non-hydrogen) atoms. The first-order valence-electron chi connectivity index (χ1n) is 8.19. The van der Waals surface area contributed by atoms with Crippen molar-refractivity contribution in [1.29, 1.82) is 0 Å². The van der Waals surface area contributed by atoms with Crippen LogP contribution >= 0.6 is 11.3 Å². The average molecular weight is 374 g/mol. The fraction of sp³-hybridized carbons (Fsp3) is 0.0909. The molecule has 0 saturated heterocycles. The number of fused-ring (bicyclic) bond motifs is 1. The van der Waals surface area contributed by atoms with Gasteiger partial charge in [0.05, 0.1) is 32.3 Å². The highest BCUT2D eigenvalue weighted by molar-refractivity contribution is 8.00. The Morgan fingerprint density at radius 2 is 1.85 bits per heavy atom. The molecule has 2 heterocycles. The normalized spacial score (nSPS) is 10.7. The lowest BCUT2D eigenvalue weighted by molar-refractivity contribution is 1.32. The maximum atomic E-state index is 4.67. The van der Waals surface area contributed by atoms with Gasteiger partial charge in [0.1, 0.15) is 12.5 Å². The SMILES string of the molecule is C[S+](C)C#Cc1cccc(-c2ncccc2-c2ccc3ncsc3c2)c1. The number of benzene rings is 2. The predicted octanol–water partition coefficient (Wildman–Crippen LogP) is 5.21. The van der Waals surface area contributed by atoms with Crippen LogP contribution in [0.15, 0.2) is 66.3 Å². The Balaban J connectivity index is 1.81. The average Bonchev–Trinajstić information content (AvgIpc) is 3.14. The summed E-state index contributed by atoms with van der Waals surface area (Å²) in [6.45, 7) is 0. The lowest BCUT2D eigenvalue weighted by Crippen LogP contribution is -1.90. The number of nitrogens with zero attached hydrogens (tertiary/aromatic N) is 2. The highest BCUT2D eigenvalue weighted by Crippen LogP contribution is 2.33. The summed E-state index contributed by atoms with van der Waals surface area (Å²) in [5, 5.41) is 3.26. The Morgan fingerprint density at radius 3 is 2.73 bits per heavy atom. The zero-order valence-corrected chi connectivity index (χ0v) is 16.2. The van der Waals surface area contributed by atoms with Crippen LogP contribution in [0.25, 0.3) is 32.6 Å². The van der Waals surface area contributed by atoms with Crippen LogP contribution in [-0.4, -0.2) is 22.5 Å². The summed E-state index contributed by atoms with van der Waals surface area (Å²) in [4.78, 5) is 9.04. The molecule has 0 fully saturated rings. The van der Waals surface area contributed by atoms with Crippen molar-refractivity contribution in [2.75, 3.05) is 12.5 Å². The minimum Gasteiger partial charge on any atom is -0.256 e. The first-order valence-corrected chi connectivity index (χ1v) is 11.1. The summed E-state index contributed by atoms with van der Waals surface area (Å²) < 4.78 is 1.19. The van der Waals surface area contributed by atoms with Gasteiger partial charge in [-0.15, -0.1) is 11.3 Å². The number of hydrogen-bond acceptors (Lipinski definition) is 3. The first-order chi connectivity index (χ1) is 12.7. The molecule has 0 unspecified atom stereocenters. The Kier molecular flexibility index (Phi) is 4.75. The molecule has 0 aliphatic heterocycles. The van der Waals surface area contributed by atoms with Gasteiger partial charge >= 0.3 is 0 Å². The number of thiazole rings is 1. The molecule has 4 aromatic rings. The van der Waals surface area contributed by atoms with Crippen LogP contribution in [-0.2, 0) is 10.9 Å². The molecule has 0 radical (unpaired) electrons. The molecule has 2 aromatic carbocycles. The summed E-state index contributed by atoms with van der Waals surface area (Å²) in [6, 6.07) is 18.8. The lowest BCUT2D eigenvalue weighted by atomic mass is 9.98. The van der Waals surface area contributed by atoms with Crippen molar-refractivity contribution in [3.05, 3.63) is 71.9 Å². The molecule has 0 spiro atoms. The van der Waals surface area contributed by atoms with Crippen LogP contribution in [0.2, 0.25) is 0 Å². The monoisotopic (exact) mass is 373 g/mol. The van der Waals surface area contributed by atoms with Crippen LogP contribution in [0, 0.1) is 11.2 Å². The van der Waals surface area contributed by atoms with Crippen molar-refractivity contribution in [1.82, 2.24) is 9.97 Å². The van der Waals surface area contributed by atoms with Gasteiger partial charge in [-0.25, -0.2) is 4.98 Å². The second-order valence-corrected chi connectivity index (χ2v) is 8.78. The number of rotatable bonds is 2. The van der Waals surface area contributed by atoms with Crippen LogP contribution in [0.5, 0.6) is 0 Å². The van der Waals surface area contributed by atoms with E-state index in [-0.39, 0.29) is 10.9 Å². The highest BCUT2D eigenvalue weighted by Gasteiger charge is 2.10. The summed E-state index contributed by atoms with van der Waals surface area (Å²) >= 11 is 1.66. The smallest absolute Gasteiger partial charge is 0.156 e. The molecule has 0 aliphatic carbocycles. The molecule has 2 nitrogen and oxygen atoms in total. The zero-order chi connectivity index (χ0) is 17.9. The van der Waals surface area contributed by atoms with E-state index in [1.54, 1.807) is 11.3 Å². The number of aromatic nitrogens is 2. The molecule has 2 aromatic heterocycles. The van der Waals surface area contributed by atoms with Gasteiger partial charge < -0.3 is 0 Å². The van der Waals surface area contributed by atoms with Crippen molar-refractivity contribution in [3.8, 4) is 33.6 Å². The molecule has 4 rings (SSSR count). The maximum absolute atomic E-state index is 4.67. The van der Waals surface area contributed by atoms with Crippen molar-refractivity contribution >= 4 is 32.4 Å². The van der Waals surface area contributed by atoms with Gasteiger partial charge in [0, 0.05) is 22.9 Å². The Bertz CT molecular complexity index is 1130. The summed E-state index contributed by atoms with van der Waals surface area (Å²) in [7, 11) is 0.108. The van der Waals surface area contributed by atoms with Gasteiger partial charge in [-0.2, -0.15) is 0 Å². The van der Waals surface area contributed by atoms with Crippen molar-refractivity contribution in [2.45, 2.75) is 0 Å². The minimum atomic E-state index is 0.108. The maximum Gasteiger partial charge on any atom is 0.156 e. The standard InChI is InChI=1S/C22H17N2S2/c1-26(2)12-10-16-5-3-6-18(13-16)22-19(7-4-11-23-22)17-8-9-20-21(14-17)25-15-24-20/h3-9,11,13-15H,1-2H3/q+1. The molecule has 0 aliphatic rings. The third kappa shape index (κ3) is 3.50. The van der Waals surface area contributed by atoms with E-state index in [1.165, 1.54) is 4.70 Å². The summed E-state index contributed by atoms with van der Waals surface area (Å²) in [5.74, 6) is 3.26. The van der Waals surface area contributed by atoms with Gasteiger partial charge in [0.25, 0.3) is 0 Å². The Morgan fingerprint density at radius 1 is 0.923 bits per heavy atom. The fourth-order valence-corrected chi connectivity index (χ4v) is 3.83. The van der Waals surface area contributed by atoms with E-state index in [4.69, 9.17) is 0 Å². The highest BCUT2D eigenvalue weighted by atomic mass is 32.2. The third-order valence-electron chi connectivity index (χ3n) is 3.99. The van der Waals surface area contributed by atoms with Gasteiger partial charge in [0.2, 0.25) is 0 Å². The number of hydrogen-bond donors (Lipinski definition) is 0. The van der Waals surface area contributed by atoms with E-state index in [9.17, 15) is 0 Å². The van der Waals surface area contributed by atoms with Crippen molar-refractivity contribution < 1.29 is 0 Å². The lowest BCUT2D eigenvalue weighted by Gasteiger charge is -2.09. The van der Waals surface area contributed by atoms with Crippen molar-refractivity contribution in [2.24, 2.45) is 0 Å². The molecular weight excluding hydrogens is 356 g/mol. The third-order valence-corrected chi connectivity index (χ3v) is 5.29. The van der Waals surface area contributed by atoms with Gasteiger partial charge in [-0.1, -0.05) is 24.3 Å². The van der Waals surface area contributed by atoms with E-state index >= 15 is 0 Å². The molecule has 126 valence electrons. The molecular formula is C22H17N2S2+. The van der Waals surface area contributed by atoms with Gasteiger partial charge in [0.15, 0.2) is 5.25 Å². The van der Waals surface area contributed by atoms with E-state index < -0.39 is 0 Å². The van der Waals surface area contributed by atoms with Crippen LogP contribution < -0.4 is 0 Å². The largest absolute Gasteiger partial charge is 0.256 e. The topological polar surface area (TPSA) is 25.8 Å². The van der Waals surface area contributed by atoms with E-state index in [0.717, 1.165) is 33.5 Å².